The highest BCUT2D eigenvalue weighted by molar-refractivity contribution is 7.09. The van der Waals surface area contributed by atoms with Crippen LogP contribution in [0.1, 0.15) is 30.5 Å². The molecule has 1 rings (SSSR count). The van der Waals surface area contributed by atoms with Gasteiger partial charge in [0.2, 0.25) is 0 Å². The first-order chi connectivity index (χ1) is 5.86. The monoisotopic (exact) mass is 180 g/mol. The van der Waals surface area contributed by atoms with E-state index >= 15 is 0 Å². The van der Waals surface area contributed by atoms with Gasteiger partial charge in [-0.3, -0.25) is 0 Å². The van der Waals surface area contributed by atoms with E-state index in [2.05, 4.69) is 23.4 Å². The first-order valence-electron chi connectivity index (χ1n) is 4.17. The van der Waals surface area contributed by atoms with Gasteiger partial charge in [-0.15, -0.1) is 11.3 Å². The number of aromatic nitrogens is 1. The van der Waals surface area contributed by atoms with Crippen molar-refractivity contribution >= 4 is 11.3 Å². The number of unbranched alkanes of at least 4 members (excludes halogenated alkanes) is 1. The van der Waals surface area contributed by atoms with Gasteiger partial charge in [-0.25, -0.2) is 4.98 Å². The number of rotatable bonds is 4. The van der Waals surface area contributed by atoms with Crippen LogP contribution in [0.5, 0.6) is 0 Å². The molecule has 1 aromatic rings. The van der Waals surface area contributed by atoms with Crippen LogP contribution in [-0.2, 0) is 12.8 Å². The lowest BCUT2D eigenvalue weighted by atomic mass is 10.2. The number of nitriles is 1. The topological polar surface area (TPSA) is 36.7 Å². The van der Waals surface area contributed by atoms with Crippen molar-refractivity contribution in [2.75, 3.05) is 0 Å². The second-order valence-electron chi connectivity index (χ2n) is 2.67. The second-order valence-corrected chi connectivity index (χ2v) is 3.61. The molecule has 0 unspecified atom stereocenters. The van der Waals surface area contributed by atoms with E-state index < -0.39 is 0 Å². The van der Waals surface area contributed by atoms with Crippen LogP contribution in [0.15, 0.2) is 5.38 Å². The Bertz CT molecular complexity index is 272. The molecule has 0 spiro atoms. The van der Waals surface area contributed by atoms with Crippen molar-refractivity contribution in [1.29, 1.82) is 5.26 Å². The van der Waals surface area contributed by atoms with Crippen molar-refractivity contribution in [2.45, 2.75) is 32.6 Å². The minimum absolute atomic E-state index is 0.455. The molecule has 12 heavy (non-hydrogen) atoms. The van der Waals surface area contributed by atoms with Gasteiger partial charge in [0, 0.05) is 5.38 Å². The average molecular weight is 180 g/mol. The van der Waals surface area contributed by atoms with Gasteiger partial charge in [-0.05, 0) is 12.8 Å². The zero-order chi connectivity index (χ0) is 8.81. The molecule has 0 aliphatic rings. The summed E-state index contributed by atoms with van der Waals surface area (Å²) in [6.45, 7) is 2.17. The highest BCUT2D eigenvalue weighted by Crippen LogP contribution is 2.12. The standard InChI is InChI=1S/C9H12N2S/c1-2-3-4-8-7-12-9(11-8)5-6-10/h7H,2-5H2,1H3. The number of aryl methyl sites for hydroxylation is 1. The molecule has 0 radical (unpaired) electrons. The number of thiazole rings is 1. The van der Waals surface area contributed by atoms with E-state index in [-0.39, 0.29) is 0 Å². The Labute approximate surface area is 76.9 Å². The van der Waals surface area contributed by atoms with Crippen molar-refractivity contribution in [3.63, 3.8) is 0 Å². The number of hydrogen-bond donors (Lipinski definition) is 0. The molecular formula is C9H12N2S. The van der Waals surface area contributed by atoms with Crippen LogP contribution < -0.4 is 0 Å². The third kappa shape index (κ3) is 2.63. The molecule has 1 heterocycles. The third-order valence-corrected chi connectivity index (χ3v) is 2.51. The van der Waals surface area contributed by atoms with Gasteiger partial charge in [0.05, 0.1) is 18.2 Å². The fraction of sp³-hybridized carbons (Fsp3) is 0.556. The third-order valence-electron chi connectivity index (χ3n) is 1.62. The maximum absolute atomic E-state index is 8.42. The molecule has 0 aromatic carbocycles. The molecule has 0 saturated carbocycles. The summed E-state index contributed by atoms with van der Waals surface area (Å²) in [6, 6.07) is 2.10. The summed E-state index contributed by atoms with van der Waals surface area (Å²) in [7, 11) is 0. The molecule has 64 valence electrons. The Morgan fingerprint density at radius 2 is 2.50 bits per heavy atom. The fourth-order valence-electron chi connectivity index (χ4n) is 0.970. The average Bonchev–Trinajstić information content (AvgIpc) is 2.50. The van der Waals surface area contributed by atoms with Gasteiger partial charge in [-0.1, -0.05) is 13.3 Å². The molecule has 0 amide bonds. The molecular weight excluding hydrogens is 168 g/mol. The Morgan fingerprint density at radius 3 is 3.17 bits per heavy atom. The van der Waals surface area contributed by atoms with Gasteiger partial charge >= 0.3 is 0 Å². The zero-order valence-corrected chi connectivity index (χ0v) is 8.02. The van der Waals surface area contributed by atoms with Gasteiger partial charge < -0.3 is 0 Å². The van der Waals surface area contributed by atoms with Crippen molar-refractivity contribution in [2.24, 2.45) is 0 Å². The minimum Gasteiger partial charge on any atom is -0.245 e. The summed E-state index contributed by atoms with van der Waals surface area (Å²) in [6.07, 6.45) is 3.90. The van der Waals surface area contributed by atoms with Gasteiger partial charge in [-0.2, -0.15) is 5.26 Å². The highest BCUT2D eigenvalue weighted by atomic mass is 32.1. The Kier molecular flexibility index (Phi) is 3.75. The van der Waals surface area contributed by atoms with Crippen LogP contribution in [0.2, 0.25) is 0 Å². The maximum Gasteiger partial charge on any atom is 0.107 e. The molecule has 0 fully saturated rings. The van der Waals surface area contributed by atoms with Gasteiger partial charge in [0.25, 0.3) is 0 Å². The van der Waals surface area contributed by atoms with Crippen molar-refractivity contribution in [3.05, 3.63) is 16.1 Å². The predicted octanol–water partition coefficient (Wildman–Crippen LogP) is 2.55. The summed E-state index contributed by atoms with van der Waals surface area (Å²) < 4.78 is 0. The molecule has 2 nitrogen and oxygen atoms in total. The quantitative estimate of drug-likeness (QED) is 0.714. The summed E-state index contributed by atoms with van der Waals surface area (Å²) in [5.41, 5.74) is 1.15. The van der Waals surface area contributed by atoms with E-state index in [9.17, 15) is 0 Å². The van der Waals surface area contributed by atoms with E-state index in [4.69, 9.17) is 5.26 Å². The van der Waals surface area contributed by atoms with Gasteiger partial charge in [0.1, 0.15) is 5.01 Å². The van der Waals surface area contributed by atoms with E-state index in [0.717, 1.165) is 17.1 Å². The Balaban J connectivity index is 2.48. The normalized spacial score (nSPS) is 9.67. The summed E-state index contributed by atoms with van der Waals surface area (Å²) in [5, 5.41) is 11.4. The van der Waals surface area contributed by atoms with E-state index in [0.29, 0.717) is 6.42 Å². The van der Waals surface area contributed by atoms with Crippen LogP contribution in [0.3, 0.4) is 0 Å². The van der Waals surface area contributed by atoms with Crippen LogP contribution in [-0.4, -0.2) is 4.98 Å². The summed E-state index contributed by atoms with van der Waals surface area (Å²) in [4.78, 5) is 4.33. The molecule has 3 heteroatoms. The molecule has 0 saturated heterocycles. The maximum atomic E-state index is 8.42. The first kappa shape index (κ1) is 9.21. The van der Waals surface area contributed by atoms with E-state index in [1.807, 2.05) is 0 Å². The molecule has 1 aromatic heterocycles. The van der Waals surface area contributed by atoms with Crippen LogP contribution >= 0.6 is 11.3 Å². The van der Waals surface area contributed by atoms with Crippen molar-refractivity contribution in [1.82, 2.24) is 4.98 Å². The minimum atomic E-state index is 0.455. The zero-order valence-electron chi connectivity index (χ0n) is 7.21. The predicted molar refractivity (Wildman–Crippen MR) is 50.0 cm³/mol. The SMILES string of the molecule is CCCCc1csc(CC#N)n1. The number of hydrogen-bond acceptors (Lipinski definition) is 3. The van der Waals surface area contributed by atoms with Crippen LogP contribution in [0, 0.1) is 11.3 Å². The molecule has 0 aliphatic carbocycles. The van der Waals surface area contributed by atoms with E-state index in [1.54, 1.807) is 11.3 Å². The molecule has 0 atom stereocenters. The van der Waals surface area contributed by atoms with Crippen LogP contribution in [0.25, 0.3) is 0 Å². The lowest BCUT2D eigenvalue weighted by molar-refractivity contribution is 0.778. The van der Waals surface area contributed by atoms with Crippen molar-refractivity contribution < 1.29 is 0 Å². The summed E-state index contributed by atoms with van der Waals surface area (Å²) >= 11 is 1.59. The highest BCUT2D eigenvalue weighted by Gasteiger charge is 1.99. The van der Waals surface area contributed by atoms with Crippen LogP contribution in [0.4, 0.5) is 0 Å². The van der Waals surface area contributed by atoms with Gasteiger partial charge in [0.15, 0.2) is 0 Å². The van der Waals surface area contributed by atoms with Crippen molar-refractivity contribution in [3.8, 4) is 6.07 Å². The summed E-state index contributed by atoms with van der Waals surface area (Å²) in [5.74, 6) is 0. The molecule has 0 aliphatic heterocycles. The fourth-order valence-corrected chi connectivity index (χ4v) is 1.73. The lowest BCUT2D eigenvalue weighted by Gasteiger charge is -1.90. The Morgan fingerprint density at radius 1 is 1.67 bits per heavy atom. The number of nitrogens with zero attached hydrogens (tertiary/aromatic N) is 2. The molecule has 0 bridgehead atoms. The largest absolute Gasteiger partial charge is 0.245 e. The molecule has 0 N–H and O–H groups in total. The second kappa shape index (κ2) is 4.89. The Hall–Kier alpha value is -0.880. The smallest absolute Gasteiger partial charge is 0.107 e. The van der Waals surface area contributed by atoms with E-state index in [1.165, 1.54) is 12.8 Å². The first-order valence-corrected chi connectivity index (χ1v) is 5.05. The lowest BCUT2D eigenvalue weighted by Crippen LogP contribution is -1.86.